The van der Waals surface area contributed by atoms with Crippen LogP contribution < -0.4 is 5.73 Å². The maximum absolute atomic E-state index is 12.3. The van der Waals surface area contributed by atoms with E-state index in [1.165, 1.54) is 38.5 Å². The molecule has 5 saturated carbocycles. The SMILES string of the molecule is CC(C)[C@@]12CC[C@@]3(CC[C@@H]4[C@](C)(CCC[C@@]4(C)C(=O)O)[C@@H]3C1)[C@H](CN)C2. The normalized spacial score (nSPS) is 53.2. The van der Waals surface area contributed by atoms with Crippen molar-refractivity contribution in [3.8, 4) is 0 Å². The van der Waals surface area contributed by atoms with E-state index < -0.39 is 11.4 Å². The van der Waals surface area contributed by atoms with E-state index in [4.69, 9.17) is 5.73 Å². The van der Waals surface area contributed by atoms with Crippen molar-refractivity contribution in [2.24, 2.45) is 51.1 Å². The van der Waals surface area contributed by atoms with Crippen LogP contribution in [0.2, 0.25) is 0 Å². The standard InChI is InChI=1S/C23H39NO2/c1-15(2)22-10-11-23(16(12-22)14-24)9-6-17-20(3,18(23)13-22)7-5-8-21(17,4)19(25)26/h15-18H,5-14,24H2,1-4H3,(H,25,26)/t16-,17+,18-,20-,21+,22+,23-/m0/s1. The third kappa shape index (κ3) is 2.13. The summed E-state index contributed by atoms with van der Waals surface area (Å²) in [5.74, 6) is 1.80. The summed E-state index contributed by atoms with van der Waals surface area (Å²) in [6.07, 6.45) is 10.8. The molecule has 5 aliphatic carbocycles. The van der Waals surface area contributed by atoms with Gasteiger partial charge in [0.15, 0.2) is 0 Å². The largest absolute Gasteiger partial charge is 0.481 e. The quantitative estimate of drug-likeness (QED) is 0.736. The molecule has 5 rings (SSSR count). The summed E-state index contributed by atoms with van der Waals surface area (Å²) in [7, 11) is 0. The van der Waals surface area contributed by atoms with Crippen LogP contribution in [0.15, 0.2) is 0 Å². The Bertz CT molecular complexity index is 603. The van der Waals surface area contributed by atoms with Crippen molar-refractivity contribution in [3.05, 3.63) is 0 Å². The fourth-order valence-corrected chi connectivity index (χ4v) is 8.85. The topological polar surface area (TPSA) is 63.3 Å². The molecular weight excluding hydrogens is 322 g/mol. The summed E-state index contributed by atoms with van der Waals surface area (Å²) in [5, 5.41) is 10.1. The lowest BCUT2D eigenvalue weighted by Gasteiger charge is -2.72. The van der Waals surface area contributed by atoms with E-state index in [-0.39, 0.29) is 5.41 Å². The first kappa shape index (κ1) is 18.8. The van der Waals surface area contributed by atoms with Gasteiger partial charge in [-0.2, -0.15) is 0 Å². The molecular formula is C23H39NO2. The highest BCUT2D eigenvalue weighted by molar-refractivity contribution is 5.75. The molecule has 0 heterocycles. The molecule has 7 atom stereocenters. The fourth-order valence-electron chi connectivity index (χ4n) is 8.85. The first-order chi connectivity index (χ1) is 12.1. The number of carboxylic acids is 1. The van der Waals surface area contributed by atoms with Crippen LogP contribution in [-0.4, -0.2) is 17.6 Å². The third-order valence-electron chi connectivity index (χ3n) is 10.5. The summed E-state index contributed by atoms with van der Waals surface area (Å²) in [6, 6.07) is 0. The number of carbonyl (C=O) groups is 1. The molecule has 3 heteroatoms. The van der Waals surface area contributed by atoms with Gasteiger partial charge in [-0.1, -0.05) is 27.2 Å². The lowest BCUT2D eigenvalue weighted by Crippen LogP contribution is -2.66. The summed E-state index contributed by atoms with van der Waals surface area (Å²) in [4.78, 5) is 12.3. The van der Waals surface area contributed by atoms with E-state index in [2.05, 4.69) is 27.7 Å². The molecule has 0 aliphatic heterocycles. The number of nitrogens with two attached hydrogens (primary N) is 1. The van der Waals surface area contributed by atoms with Crippen LogP contribution in [0.3, 0.4) is 0 Å². The van der Waals surface area contributed by atoms with Crippen LogP contribution in [0.1, 0.15) is 85.5 Å². The highest BCUT2D eigenvalue weighted by atomic mass is 16.4. The molecule has 5 aliphatic rings. The van der Waals surface area contributed by atoms with Gasteiger partial charge in [-0.3, -0.25) is 4.79 Å². The van der Waals surface area contributed by atoms with Gasteiger partial charge in [0.05, 0.1) is 5.41 Å². The molecule has 3 nitrogen and oxygen atoms in total. The van der Waals surface area contributed by atoms with Gasteiger partial charge in [0, 0.05) is 0 Å². The molecule has 3 N–H and O–H groups in total. The van der Waals surface area contributed by atoms with Crippen LogP contribution in [0.4, 0.5) is 0 Å². The molecule has 5 fully saturated rings. The minimum Gasteiger partial charge on any atom is -0.481 e. The summed E-state index contributed by atoms with van der Waals surface area (Å²) < 4.78 is 0. The Morgan fingerprint density at radius 1 is 1.08 bits per heavy atom. The fraction of sp³-hybridized carbons (Fsp3) is 0.957. The van der Waals surface area contributed by atoms with Gasteiger partial charge in [0.1, 0.15) is 0 Å². The van der Waals surface area contributed by atoms with Crippen molar-refractivity contribution >= 4 is 5.97 Å². The van der Waals surface area contributed by atoms with Crippen LogP contribution in [0.5, 0.6) is 0 Å². The molecule has 2 bridgehead atoms. The Balaban J connectivity index is 1.79. The summed E-state index contributed by atoms with van der Waals surface area (Å²) in [5.41, 5.74) is 6.85. The predicted octanol–water partition coefficient (Wildman–Crippen LogP) is 5.09. The van der Waals surface area contributed by atoms with Crippen molar-refractivity contribution in [1.82, 2.24) is 0 Å². The Hall–Kier alpha value is -0.570. The van der Waals surface area contributed by atoms with Crippen LogP contribution in [0, 0.1) is 45.3 Å². The molecule has 0 aromatic carbocycles. The van der Waals surface area contributed by atoms with Crippen molar-refractivity contribution in [1.29, 1.82) is 0 Å². The zero-order valence-corrected chi connectivity index (χ0v) is 17.3. The number of fused-ring (bicyclic) bond motifs is 3. The Labute approximate surface area is 159 Å². The molecule has 0 aromatic heterocycles. The van der Waals surface area contributed by atoms with Crippen LogP contribution >= 0.6 is 0 Å². The number of hydrogen-bond donors (Lipinski definition) is 2. The van der Waals surface area contributed by atoms with Crippen molar-refractivity contribution in [3.63, 3.8) is 0 Å². The van der Waals surface area contributed by atoms with E-state index in [1.807, 2.05) is 0 Å². The second-order valence-electron chi connectivity index (χ2n) is 11.3. The van der Waals surface area contributed by atoms with E-state index in [9.17, 15) is 9.90 Å². The number of hydrogen-bond acceptors (Lipinski definition) is 2. The molecule has 1 spiro atoms. The molecule has 0 amide bonds. The third-order valence-corrected chi connectivity index (χ3v) is 10.5. The molecule has 0 unspecified atom stereocenters. The molecule has 0 aromatic rings. The Morgan fingerprint density at radius 2 is 1.81 bits per heavy atom. The first-order valence-electron chi connectivity index (χ1n) is 11.1. The predicted molar refractivity (Wildman–Crippen MR) is 105 cm³/mol. The van der Waals surface area contributed by atoms with E-state index in [0.29, 0.717) is 34.5 Å². The second-order valence-corrected chi connectivity index (χ2v) is 11.3. The van der Waals surface area contributed by atoms with Crippen LogP contribution in [-0.2, 0) is 4.79 Å². The minimum absolute atomic E-state index is 0.179. The Morgan fingerprint density at radius 3 is 2.42 bits per heavy atom. The van der Waals surface area contributed by atoms with E-state index in [0.717, 1.165) is 25.8 Å². The first-order valence-corrected chi connectivity index (χ1v) is 11.1. The van der Waals surface area contributed by atoms with Gasteiger partial charge in [0.2, 0.25) is 0 Å². The van der Waals surface area contributed by atoms with E-state index >= 15 is 0 Å². The molecule has 0 radical (unpaired) electrons. The minimum atomic E-state index is -0.556. The highest BCUT2D eigenvalue weighted by Gasteiger charge is 2.69. The average Bonchev–Trinajstić information content (AvgIpc) is 2.61. The van der Waals surface area contributed by atoms with E-state index in [1.54, 1.807) is 0 Å². The van der Waals surface area contributed by atoms with Gasteiger partial charge >= 0.3 is 5.97 Å². The smallest absolute Gasteiger partial charge is 0.309 e. The highest BCUT2D eigenvalue weighted by Crippen LogP contribution is 2.75. The monoisotopic (exact) mass is 361 g/mol. The molecule has 148 valence electrons. The van der Waals surface area contributed by atoms with Gasteiger partial charge in [-0.15, -0.1) is 0 Å². The summed E-state index contributed by atoms with van der Waals surface area (Å²) in [6.45, 7) is 10.2. The zero-order chi connectivity index (χ0) is 19.0. The number of rotatable bonds is 3. The van der Waals surface area contributed by atoms with Gasteiger partial charge in [0.25, 0.3) is 0 Å². The lowest BCUT2D eigenvalue weighted by atomic mass is 9.32. The van der Waals surface area contributed by atoms with Crippen molar-refractivity contribution in [2.75, 3.05) is 6.54 Å². The number of carboxylic acid groups (broad SMARTS) is 1. The second kappa shape index (κ2) is 5.72. The molecule has 0 saturated heterocycles. The van der Waals surface area contributed by atoms with Crippen molar-refractivity contribution < 1.29 is 9.90 Å². The van der Waals surface area contributed by atoms with Gasteiger partial charge in [-0.05, 0) is 105 Å². The maximum Gasteiger partial charge on any atom is 0.309 e. The van der Waals surface area contributed by atoms with Crippen LogP contribution in [0.25, 0.3) is 0 Å². The van der Waals surface area contributed by atoms with Crippen molar-refractivity contribution in [2.45, 2.75) is 85.5 Å². The maximum atomic E-state index is 12.3. The zero-order valence-electron chi connectivity index (χ0n) is 17.3. The number of aliphatic carboxylic acids is 1. The average molecular weight is 362 g/mol. The summed E-state index contributed by atoms with van der Waals surface area (Å²) >= 11 is 0. The van der Waals surface area contributed by atoms with Gasteiger partial charge < -0.3 is 10.8 Å². The van der Waals surface area contributed by atoms with Gasteiger partial charge in [-0.25, -0.2) is 0 Å². The Kier molecular flexibility index (Phi) is 4.13. The molecule has 26 heavy (non-hydrogen) atoms. The lowest BCUT2D eigenvalue weighted by molar-refractivity contribution is -0.235.